The lowest BCUT2D eigenvalue weighted by molar-refractivity contribution is -0.155. The SMILES string of the molecule is Cc1ccnc(-c2ccc(NC(=O)NCC(C)(O)C(=O)O)cc2)n1. The number of carboxylic acids is 1. The van der Waals surface area contributed by atoms with Gasteiger partial charge < -0.3 is 20.8 Å². The number of aliphatic carboxylic acids is 1. The van der Waals surface area contributed by atoms with Crippen LogP contribution in [0.5, 0.6) is 0 Å². The third-order valence-electron chi connectivity index (χ3n) is 3.25. The van der Waals surface area contributed by atoms with E-state index >= 15 is 0 Å². The van der Waals surface area contributed by atoms with Crippen LogP contribution in [0, 0.1) is 6.92 Å². The number of anilines is 1. The summed E-state index contributed by atoms with van der Waals surface area (Å²) in [5, 5.41) is 23.2. The van der Waals surface area contributed by atoms with Gasteiger partial charge in [-0.1, -0.05) is 0 Å². The van der Waals surface area contributed by atoms with Gasteiger partial charge in [0.1, 0.15) is 0 Å². The second-order valence-electron chi connectivity index (χ2n) is 5.49. The van der Waals surface area contributed by atoms with Gasteiger partial charge in [-0.3, -0.25) is 0 Å². The van der Waals surface area contributed by atoms with E-state index in [-0.39, 0.29) is 0 Å². The summed E-state index contributed by atoms with van der Waals surface area (Å²) >= 11 is 0. The minimum Gasteiger partial charge on any atom is -0.479 e. The Hall–Kier alpha value is -3.00. The van der Waals surface area contributed by atoms with Crippen LogP contribution < -0.4 is 10.6 Å². The highest BCUT2D eigenvalue weighted by Gasteiger charge is 2.30. The first-order chi connectivity index (χ1) is 11.3. The Balaban J connectivity index is 1.96. The number of carboxylic acid groups (broad SMARTS) is 1. The van der Waals surface area contributed by atoms with Crippen molar-refractivity contribution >= 4 is 17.7 Å². The molecule has 0 aliphatic rings. The molecule has 0 aliphatic heterocycles. The molecule has 1 heterocycles. The number of nitrogens with zero attached hydrogens (tertiary/aromatic N) is 2. The Morgan fingerprint density at radius 2 is 1.88 bits per heavy atom. The van der Waals surface area contributed by atoms with Gasteiger partial charge in [0, 0.05) is 23.1 Å². The molecule has 0 fully saturated rings. The molecular formula is C16H18N4O4. The molecule has 0 bridgehead atoms. The zero-order valence-corrected chi connectivity index (χ0v) is 13.3. The predicted octanol–water partition coefficient (Wildman–Crippen LogP) is 1.41. The molecule has 0 saturated carbocycles. The van der Waals surface area contributed by atoms with Crippen LogP contribution in [-0.4, -0.2) is 44.3 Å². The fraction of sp³-hybridized carbons (Fsp3) is 0.250. The summed E-state index contributed by atoms with van der Waals surface area (Å²) in [6.07, 6.45) is 1.67. The van der Waals surface area contributed by atoms with Gasteiger partial charge in [-0.25, -0.2) is 19.6 Å². The minimum atomic E-state index is -2.02. The molecule has 8 heteroatoms. The molecule has 1 atom stereocenters. The van der Waals surface area contributed by atoms with Crippen molar-refractivity contribution in [2.24, 2.45) is 0 Å². The van der Waals surface area contributed by atoms with Gasteiger partial charge in [-0.15, -0.1) is 0 Å². The Kier molecular flexibility index (Phi) is 5.10. The van der Waals surface area contributed by atoms with E-state index in [0.717, 1.165) is 18.2 Å². The summed E-state index contributed by atoms with van der Waals surface area (Å²) in [5.41, 5.74) is 0.147. The van der Waals surface area contributed by atoms with Crippen molar-refractivity contribution in [2.75, 3.05) is 11.9 Å². The summed E-state index contributed by atoms with van der Waals surface area (Å²) in [5.74, 6) is -0.825. The fourth-order valence-electron chi connectivity index (χ4n) is 1.79. The van der Waals surface area contributed by atoms with Gasteiger partial charge >= 0.3 is 12.0 Å². The topological polar surface area (TPSA) is 124 Å². The van der Waals surface area contributed by atoms with Crippen LogP contribution in [-0.2, 0) is 4.79 Å². The number of aliphatic hydroxyl groups is 1. The largest absolute Gasteiger partial charge is 0.479 e. The van der Waals surface area contributed by atoms with Crippen LogP contribution in [0.4, 0.5) is 10.5 Å². The lowest BCUT2D eigenvalue weighted by Gasteiger charge is -2.18. The number of benzene rings is 1. The van der Waals surface area contributed by atoms with E-state index in [0.29, 0.717) is 11.5 Å². The number of rotatable bonds is 5. The molecule has 126 valence electrons. The quantitative estimate of drug-likeness (QED) is 0.657. The Bertz CT molecular complexity index is 744. The van der Waals surface area contributed by atoms with Crippen LogP contribution in [0.15, 0.2) is 36.5 Å². The molecule has 4 N–H and O–H groups in total. The summed E-state index contributed by atoms with van der Waals surface area (Å²) < 4.78 is 0. The molecule has 0 aliphatic carbocycles. The fourth-order valence-corrected chi connectivity index (χ4v) is 1.79. The number of hydrogen-bond donors (Lipinski definition) is 4. The standard InChI is InChI=1S/C16H18N4O4/c1-10-7-8-17-13(19-10)11-3-5-12(6-4-11)20-15(23)18-9-16(2,24)14(21)22/h3-8,24H,9H2,1-2H3,(H,21,22)(H2,18,20,23). The number of nitrogens with one attached hydrogen (secondary N) is 2. The Labute approximate surface area is 138 Å². The van der Waals surface area contributed by atoms with Crippen LogP contribution in [0.3, 0.4) is 0 Å². The van der Waals surface area contributed by atoms with Crippen molar-refractivity contribution in [3.05, 3.63) is 42.2 Å². The second kappa shape index (κ2) is 7.05. The number of urea groups is 1. The van der Waals surface area contributed by atoms with Crippen molar-refractivity contribution in [3.8, 4) is 11.4 Å². The number of aryl methyl sites for hydroxylation is 1. The molecule has 2 amide bonds. The number of hydrogen-bond acceptors (Lipinski definition) is 5. The lowest BCUT2D eigenvalue weighted by Crippen LogP contribution is -2.47. The van der Waals surface area contributed by atoms with Crippen molar-refractivity contribution in [3.63, 3.8) is 0 Å². The molecule has 1 unspecified atom stereocenters. The van der Waals surface area contributed by atoms with Crippen molar-refractivity contribution in [2.45, 2.75) is 19.4 Å². The van der Waals surface area contributed by atoms with Gasteiger partial charge in [0.25, 0.3) is 0 Å². The molecule has 1 aromatic carbocycles. The molecule has 1 aromatic heterocycles. The summed E-state index contributed by atoms with van der Waals surface area (Å²) in [6.45, 7) is 2.56. The maximum atomic E-state index is 11.7. The lowest BCUT2D eigenvalue weighted by atomic mass is 10.1. The van der Waals surface area contributed by atoms with Crippen LogP contribution in [0.1, 0.15) is 12.6 Å². The predicted molar refractivity (Wildman–Crippen MR) is 87.5 cm³/mol. The van der Waals surface area contributed by atoms with E-state index in [1.54, 1.807) is 36.5 Å². The summed E-state index contributed by atoms with van der Waals surface area (Å²) in [7, 11) is 0. The average molecular weight is 330 g/mol. The first-order valence-corrected chi connectivity index (χ1v) is 7.18. The maximum absolute atomic E-state index is 11.7. The molecule has 2 rings (SSSR count). The van der Waals surface area contributed by atoms with Crippen molar-refractivity contribution in [1.82, 2.24) is 15.3 Å². The van der Waals surface area contributed by atoms with Crippen molar-refractivity contribution < 1.29 is 19.8 Å². The van der Waals surface area contributed by atoms with Gasteiger partial charge in [-0.05, 0) is 44.2 Å². The third-order valence-corrected chi connectivity index (χ3v) is 3.25. The monoisotopic (exact) mass is 330 g/mol. The highest BCUT2D eigenvalue weighted by Crippen LogP contribution is 2.17. The third kappa shape index (κ3) is 4.50. The Morgan fingerprint density at radius 1 is 1.21 bits per heavy atom. The maximum Gasteiger partial charge on any atom is 0.337 e. The molecule has 0 radical (unpaired) electrons. The van der Waals surface area contributed by atoms with E-state index < -0.39 is 24.1 Å². The average Bonchev–Trinajstić information content (AvgIpc) is 2.53. The molecular weight excluding hydrogens is 312 g/mol. The first-order valence-electron chi connectivity index (χ1n) is 7.18. The van der Waals surface area contributed by atoms with E-state index in [1.165, 1.54) is 0 Å². The highest BCUT2D eigenvalue weighted by atomic mass is 16.4. The molecule has 0 spiro atoms. The number of aromatic nitrogens is 2. The van der Waals surface area contributed by atoms with Crippen LogP contribution in [0.2, 0.25) is 0 Å². The molecule has 24 heavy (non-hydrogen) atoms. The normalized spacial score (nSPS) is 13.0. The van der Waals surface area contributed by atoms with Gasteiger partial charge in [-0.2, -0.15) is 0 Å². The van der Waals surface area contributed by atoms with Gasteiger partial charge in [0.2, 0.25) is 0 Å². The minimum absolute atomic E-state index is 0.413. The van der Waals surface area contributed by atoms with E-state index in [2.05, 4.69) is 20.6 Å². The number of carbonyl (C=O) groups excluding carboxylic acids is 1. The van der Waals surface area contributed by atoms with Gasteiger partial charge in [0.05, 0.1) is 6.54 Å². The van der Waals surface area contributed by atoms with Crippen LogP contribution >= 0.6 is 0 Å². The summed E-state index contributed by atoms with van der Waals surface area (Å²) in [4.78, 5) is 31.0. The molecule has 0 saturated heterocycles. The summed E-state index contributed by atoms with van der Waals surface area (Å²) in [6, 6.07) is 8.06. The van der Waals surface area contributed by atoms with E-state index in [1.807, 2.05) is 6.92 Å². The van der Waals surface area contributed by atoms with Gasteiger partial charge in [0.15, 0.2) is 11.4 Å². The van der Waals surface area contributed by atoms with E-state index in [4.69, 9.17) is 5.11 Å². The van der Waals surface area contributed by atoms with Crippen LogP contribution in [0.25, 0.3) is 11.4 Å². The zero-order chi connectivity index (χ0) is 17.7. The zero-order valence-electron chi connectivity index (χ0n) is 13.3. The second-order valence-corrected chi connectivity index (χ2v) is 5.49. The van der Waals surface area contributed by atoms with E-state index in [9.17, 15) is 14.7 Å². The first kappa shape index (κ1) is 17.4. The van der Waals surface area contributed by atoms with Crippen molar-refractivity contribution in [1.29, 1.82) is 0 Å². The molecule has 2 aromatic rings. The smallest absolute Gasteiger partial charge is 0.337 e. The Morgan fingerprint density at radius 3 is 2.46 bits per heavy atom. The number of amides is 2. The number of carbonyl (C=O) groups is 2. The molecule has 8 nitrogen and oxygen atoms in total. The highest BCUT2D eigenvalue weighted by molar-refractivity contribution is 5.90.